The van der Waals surface area contributed by atoms with Gasteiger partial charge in [-0.15, -0.1) is 20.5 Å². The van der Waals surface area contributed by atoms with Crippen molar-refractivity contribution in [3.63, 3.8) is 0 Å². The maximum atomic E-state index is 13.7. The number of ketones is 1. The van der Waals surface area contributed by atoms with E-state index in [1.54, 1.807) is 0 Å². The van der Waals surface area contributed by atoms with Crippen molar-refractivity contribution in [1.82, 2.24) is 0 Å². The van der Waals surface area contributed by atoms with Gasteiger partial charge in [-0.25, -0.2) is 33.7 Å². The molecule has 0 saturated heterocycles. The van der Waals surface area contributed by atoms with Gasteiger partial charge < -0.3 is 38.7 Å². The van der Waals surface area contributed by atoms with Crippen LogP contribution in [0.2, 0.25) is 0 Å². The minimum absolute atomic E-state index is 0. The number of hydrazone groups is 1. The second kappa shape index (κ2) is 25.3. The molecule has 0 unspecified atom stereocenters. The summed E-state index contributed by atoms with van der Waals surface area (Å²) in [5.41, 5.74) is 6.95. The van der Waals surface area contributed by atoms with Crippen molar-refractivity contribution in [3.8, 4) is 11.5 Å². The van der Waals surface area contributed by atoms with Gasteiger partial charge in [0.2, 0.25) is 5.78 Å². The number of ether oxygens (including phenoxy) is 2. The number of benzene rings is 6. The molecule has 0 spiro atoms. The minimum atomic E-state index is -5.35. The minimum Gasteiger partial charge on any atom is -0.744 e. The normalized spacial score (nSPS) is 13.2. The number of anilines is 3. The van der Waals surface area contributed by atoms with E-state index in [2.05, 4.69) is 36.3 Å². The SMILES string of the molecule is COc1cc(N/N=C2\C(=O)c3ccc(NC(=O)c4ccc(N)cc4)cc3C=C2S(=O)(=O)[O-])c(OC)cc1N=Nc1ccc(N=Nc2cc(S(=O)(=O)[O-])ccc2S(=O)(=O)[O-])c2ccc(S(=O)(=O)[O-])cc12.[Na+].[Na+].[Na+].[Na+]. The third kappa shape index (κ3) is 15.0. The van der Waals surface area contributed by atoms with Crippen LogP contribution < -0.4 is 144 Å². The van der Waals surface area contributed by atoms with E-state index >= 15 is 0 Å². The zero-order chi connectivity index (χ0) is 50.2. The van der Waals surface area contributed by atoms with Crippen LogP contribution in [0.1, 0.15) is 26.3 Å². The van der Waals surface area contributed by atoms with Crippen molar-refractivity contribution in [2.45, 2.75) is 14.7 Å². The van der Waals surface area contributed by atoms with E-state index in [9.17, 15) is 61.5 Å². The molecule has 24 nitrogen and oxygen atoms in total. The van der Waals surface area contributed by atoms with Crippen LogP contribution in [0.25, 0.3) is 16.8 Å². The monoisotopic (exact) mass is 1110 g/mol. The second-order valence-corrected chi connectivity index (χ2v) is 19.6. The molecule has 0 bridgehead atoms. The van der Waals surface area contributed by atoms with Crippen molar-refractivity contribution in [2.24, 2.45) is 25.6 Å². The first-order chi connectivity index (χ1) is 32.3. The molecule has 1 aliphatic rings. The number of fused-ring (bicyclic) bond motifs is 2. The van der Waals surface area contributed by atoms with Crippen LogP contribution in [0.5, 0.6) is 11.5 Å². The fraction of sp³-hybridized carbons (Fsp3) is 0.0488. The number of carbonyl (C=O) groups is 2. The maximum absolute atomic E-state index is 13.7. The Kier molecular flexibility index (Phi) is 22.0. The fourth-order valence-corrected chi connectivity index (χ4v) is 8.72. The fourth-order valence-electron chi connectivity index (χ4n) is 6.50. The maximum Gasteiger partial charge on any atom is 1.00 e. The molecule has 0 aliphatic heterocycles. The first-order valence-electron chi connectivity index (χ1n) is 18.9. The molecule has 0 aromatic heterocycles. The van der Waals surface area contributed by atoms with Crippen LogP contribution in [0.3, 0.4) is 0 Å². The van der Waals surface area contributed by atoms with Crippen molar-refractivity contribution < 1.29 is 189 Å². The summed E-state index contributed by atoms with van der Waals surface area (Å²) < 4.78 is 155. The molecule has 0 fully saturated rings. The van der Waals surface area contributed by atoms with Crippen LogP contribution in [0.4, 0.5) is 39.8 Å². The number of carbonyl (C=O) groups excluding carboxylic acids is 2. The molecule has 0 heterocycles. The van der Waals surface area contributed by atoms with Gasteiger partial charge in [0.1, 0.15) is 74.7 Å². The Morgan fingerprint density at radius 3 is 1.71 bits per heavy atom. The number of nitrogens with one attached hydrogen (secondary N) is 2. The van der Waals surface area contributed by atoms with Gasteiger partial charge in [0.05, 0.1) is 45.2 Å². The van der Waals surface area contributed by atoms with E-state index in [0.29, 0.717) is 23.9 Å². The number of allylic oxidation sites excluding steroid dienone is 1. The summed E-state index contributed by atoms with van der Waals surface area (Å²) in [6, 6.07) is 19.5. The van der Waals surface area contributed by atoms with Crippen molar-refractivity contribution in [1.29, 1.82) is 0 Å². The van der Waals surface area contributed by atoms with Gasteiger partial charge in [0, 0.05) is 45.4 Å². The number of azo groups is 2. The summed E-state index contributed by atoms with van der Waals surface area (Å²) in [5, 5.41) is 22.5. The smallest absolute Gasteiger partial charge is 0.744 e. The molecule has 6 aromatic rings. The van der Waals surface area contributed by atoms with Gasteiger partial charge in [-0.1, -0.05) is 6.07 Å². The van der Waals surface area contributed by atoms with Gasteiger partial charge in [-0.05, 0) is 96.6 Å². The summed E-state index contributed by atoms with van der Waals surface area (Å²) >= 11 is 0. The molecule has 4 N–H and O–H groups in total. The van der Waals surface area contributed by atoms with Crippen LogP contribution >= 0.6 is 0 Å². The predicted octanol–water partition coefficient (Wildman–Crippen LogP) is -6.20. The van der Waals surface area contributed by atoms with Gasteiger partial charge >= 0.3 is 118 Å². The number of Topliss-reactive ketones (excluding diaryl/α,β-unsaturated/α-hetero) is 1. The first kappa shape index (κ1) is 63.5. The molecule has 6 aromatic carbocycles. The third-order valence-corrected chi connectivity index (χ3v) is 13.2. The third-order valence-electron chi connectivity index (χ3n) is 9.77. The van der Waals surface area contributed by atoms with E-state index in [0.717, 1.165) is 24.3 Å². The molecule has 32 heteroatoms. The quantitative estimate of drug-likeness (QED) is 0.0300. The molecule has 0 atom stereocenters. The van der Waals surface area contributed by atoms with Crippen molar-refractivity contribution >= 4 is 115 Å². The van der Waals surface area contributed by atoms with Crippen LogP contribution in [0.15, 0.2) is 148 Å². The van der Waals surface area contributed by atoms with E-state index in [4.69, 9.17) is 15.2 Å². The number of nitrogens with two attached hydrogens (primary N) is 1. The van der Waals surface area contributed by atoms with E-state index < -0.39 is 83.2 Å². The molecule has 0 radical (unpaired) electrons. The molecule has 73 heavy (non-hydrogen) atoms. The standard InChI is InChI=1S/C41H32N8O16S4.4Na/c1-64-35-20-33(47-49-39-38(69(61,62)63)16-22-15-24(7-10-27(22)40(39)50)43-41(51)21-3-5-23(42)6-4-21)36(65-2)19-32(35)46-45-31-13-12-30(28-11-8-25(17-29(28)31)66(52,53)54)44-48-34-18-26(67(55,56)57)9-14-37(34)68(58,59)60;;;;/h3-20,47H,42H2,1-2H3,(H,43,51)(H,52,53,54)(H,55,56,57)(H,58,59,60)(H,61,62,63);;;;/q;4*+1/p-4/b46-45?,48-44?,49-39-;;;;. The Hall–Kier alpha value is -3.83. The number of amides is 1. The van der Waals surface area contributed by atoms with Gasteiger partial charge in [-0.3, -0.25) is 15.0 Å². The molecule has 1 aliphatic carbocycles. The number of methoxy groups -OCH3 is 2. The van der Waals surface area contributed by atoms with E-state index in [1.807, 2.05) is 0 Å². The zero-order valence-corrected chi connectivity index (χ0v) is 50.1. The number of rotatable bonds is 14. The van der Waals surface area contributed by atoms with Gasteiger partial charge in [0.25, 0.3) is 5.91 Å². The van der Waals surface area contributed by atoms with Crippen LogP contribution in [-0.4, -0.2) is 83.5 Å². The summed E-state index contributed by atoms with van der Waals surface area (Å²) in [4.78, 5) is 22.8. The molecule has 7 rings (SSSR count). The topological polar surface area (TPSA) is 393 Å². The number of hydrogen-bond donors (Lipinski definition) is 3. The zero-order valence-electron chi connectivity index (χ0n) is 38.9. The van der Waals surface area contributed by atoms with Crippen LogP contribution in [0, 0.1) is 0 Å². The Morgan fingerprint density at radius 2 is 1.14 bits per heavy atom. The largest absolute Gasteiger partial charge is 1.00 e. The summed E-state index contributed by atoms with van der Waals surface area (Å²) in [5.74, 6) is -1.64. The molecule has 1 amide bonds. The average Bonchev–Trinajstić information content (AvgIpc) is 3.28. The van der Waals surface area contributed by atoms with Crippen LogP contribution in [-0.2, 0) is 40.5 Å². The average molecular weight is 1110 g/mol. The van der Waals surface area contributed by atoms with Gasteiger partial charge in [-0.2, -0.15) is 5.10 Å². The predicted molar refractivity (Wildman–Crippen MR) is 240 cm³/mol. The number of nitrogen functional groups attached to an aromatic ring is 1. The molecular weight excluding hydrogens is 1080 g/mol. The molecular formula is C41H28N8Na4O16S4. The summed E-state index contributed by atoms with van der Waals surface area (Å²) in [6.07, 6.45) is 0.926. The van der Waals surface area contributed by atoms with Gasteiger partial charge in [0.15, 0.2) is 0 Å². The molecule has 356 valence electrons. The summed E-state index contributed by atoms with van der Waals surface area (Å²) in [7, 11) is -18.4. The van der Waals surface area contributed by atoms with Crippen molar-refractivity contribution in [3.05, 3.63) is 125 Å². The molecule has 0 saturated carbocycles. The Balaban J connectivity index is 0.00000352. The van der Waals surface area contributed by atoms with E-state index in [-0.39, 0.29) is 186 Å². The summed E-state index contributed by atoms with van der Waals surface area (Å²) in [6.45, 7) is 0. The second-order valence-electron chi connectivity index (χ2n) is 14.2. The van der Waals surface area contributed by atoms with E-state index in [1.165, 1.54) is 80.9 Å². The van der Waals surface area contributed by atoms with Crippen molar-refractivity contribution in [2.75, 3.05) is 30.7 Å². The Bertz CT molecular complexity index is 3770. The number of hydrogen-bond acceptors (Lipinski definition) is 23. The number of nitrogens with zero attached hydrogens (tertiary/aromatic N) is 5. The first-order valence-corrected chi connectivity index (χ1v) is 24.5. The Labute approximate surface area is 504 Å². The Morgan fingerprint density at radius 1 is 0.575 bits per heavy atom.